The molecule has 1 atom stereocenters. The van der Waals surface area contributed by atoms with E-state index < -0.39 is 10.1 Å². The zero-order valence-electron chi connectivity index (χ0n) is 13.2. The van der Waals surface area contributed by atoms with E-state index in [1.165, 1.54) is 24.3 Å². The molecule has 2 aromatic rings. The second-order valence-electron chi connectivity index (χ2n) is 5.84. The summed E-state index contributed by atoms with van der Waals surface area (Å²) >= 11 is 0. The molecule has 0 saturated carbocycles. The lowest BCUT2D eigenvalue weighted by Gasteiger charge is -2.13. The maximum absolute atomic E-state index is 12.6. The van der Waals surface area contributed by atoms with Gasteiger partial charge in [0.25, 0.3) is 0 Å². The summed E-state index contributed by atoms with van der Waals surface area (Å²) in [4.78, 5) is 12.1. The van der Waals surface area contributed by atoms with Crippen LogP contribution < -0.4 is 4.18 Å². The van der Waals surface area contributed by atoms with E-state index in [2.05, 4.69) is 0 Å². The fourth-order valence-corrected chi connectivity index (χ4v) is 4.21. The third kappa shape index (κ3) is 2.57. The van der Waals surface area contributed by atoms with Crippen molar-refractivity contribution in [1.29, 1.82) is 5.26 Å². The molecule has 2 aromatic carbocycles. The van der Waals surface area contributed by atoms with E-state index >= 15 is 0 Å². The largest absolute Gasteiger partial charge is 0.378 e. The van der Waals surface area contributed by atoms with Crippen LogP contribution >= 0.6 is 0 Å². The lowest BCUT2D eigenvalue weighted by Crippen LogP contribution is -2.13. The Kier molecular flexibility index (Phi) is 3.90. The maximum Gasteiger partial charge on any atom is 0.340 e. The zero-order chi connectivity index (χ0) is 17.5. The first kappa shape index (κ1) is 16.2. The summed E-state index contributed by atoms with van der Waals surface area (Å²) in [5.41, 5.74) is 2.10. The molecule has 0 radical (unpaired) electrons. The van der Waals surface area contributed by atoms with Crippen molar-refractivity contribution >= 4 is 15.9 Å². The minimum atomic E-state index is -4.21. The first-order valence-corrected chi connectivity index (χ1v) is 8.86. The number of rotatable bonds is 3. The van der Waals surface area contributed by atoms with Gasteiger partial charge in [-0.05, 0) is 42.2 Å². The summed E-state index contributed by atoms with van der Waals surface area (Å²) in [6, 6.07) is 10.9. The van der Waals surface area contributed by atoms with E-state index in [0.717, 1.165) is 11.1 Å². The van der Waals surface area contributed by atoms with Gasteiger partial charge in [-0.2, -0.15) is 13.7 Å². The number of nitriles is 1. The molecular weight excluding hydrogens is 326 g/mol. The first-order valence-electron chi connectivity index (χ1n) is 7.45. The van der Waals surface area contributed by atoms with Crippen LogP contribution in [-0.4, -0.2) is 14.2 Å². The number of ketones is 1. The molecule has 0 unspecified atom stereocenters. The average molecular weight is 341 g/mol. The minimum Gasteiger partial charge on any atom is -0.378 e. The van der Waals surface area contributed by atoms with E-state index in [-0.39, 0.29) is 27.9 Å². The van der Waals surface area contributed by atoms with Crippen molar-refractivity contribution in [2.75, 3.05) is 0 Å². The summed E-state index contributed by atoms with van der Waals surface area (Å²) in [5.74, 6) is -0.0668. The van der Waals surface area contributed by atoms with E-state index in [4.69, 9.17) is 9.44 Å². The predicted octanol–water partition coefficient (Wildman–Crippen LogP) is 3.32. The Bertz CT molecular complexity index is 987. The Hall–Kier alpha value is -2.65. The minimum absolute atomic E-state index is 0.000881. The molecule has 0 saturated heterocycles. The average Bonchev–Trinajstić information content (AvgIpc) is 2.85. The van der Waals surface area contributed by atoms with Crippen molar-refractivity contribution in [3.63, 3.8) is 0 Å². The Morgan fingerprint density at radius 3 is 2.62 bits per heavy atom. The molecule has 0 heterocycles. The SMILES string of the molecule is Cc1ccc(OS(=O)(=O)c2ccccc2C#N)c2c1[C@@H](C)CC2=O. The zero-order valence-corrected chi connectivity index (χ0v) is 14.1. The van der Waals surface area contributed by atoms with Gasteiger partial charge in [-0.25, -0.2) is 0 Å². The van der Waals surface area contributed by atoms with Crippen LogP contribution in [0.5, 0.6) is 5.75 Å². The second kappa shape index (κ2) is 5.77. The number of hydrogen-bond donors (Lipinski definition) is 0. The lowest BCUT2D eigenvalue weighted by molar-refractivity contribution is 0.0989. The highest BCUT2D eigenvalue weighted by atomic mass is 32.2. The molecule has 0 N–H and O–H groups in total. The molecule has 6 heteroatoms. The molecule has 122 valence electrons. The van der Waals surface area contributed by atoms with Crippen molar-refractivity contribution in [1.82, 2.24) is 0 Å². The third-order valence-electron chi connectivity index (χ3n) is 4.16. The Labute approximate surface area is 140 Å². The molecular formula is C18H15NO4S. The van der Waals surface area contributed by atoms with E-state index in [9.17, 15) is 13.2 Å². The van der Waals surface area contributed by atoms with Gasteiger partial charge in [0, 0.05) is 6.42 Å². The number of nitrogens with zero attached hydrogens (tertiary/aromatic N) is 1. The molecule has 0 aromatic heterocycles. The molecule has 24 heavy (non-hydrogen) atoms. The molecule has 5 nitrogen and oxygen atoms in total. The van der Waals surface area contributed by atoms with E-state index in [1.807, 2.05) is 19.9 Å². The van der Waals surface area contributed by atoms with Crippen LogP contribution in [0.2, 0.25) is 0 Å². The monoisotopic (exact) mass is 341 g/mol. The van der Waals surface area contributed by atoms with Gasteiger partial charge in [0.2, 0.25) is 0 Å². The molecule has 0 bridgehead atoms. The second-order valence-corrected chi connectivity index (χ2v) is 7.36. The normalized spacial score (nSPS) is 16.5. The van der Waals surface area contributed by atoms with Crippen LogP contribution in [-0.2, 0) is 10.1 Å². The first-order chi connectivity index (χ1) is 11.3. The topological polar surface area (TPSA) is 84.2 Å². The summed E-state index contributed by atoms with van der Waals surface area (Å²) in [6.45, 7) is 3.82. The van der Waals surface area contributed by atoms with Gasteiger partial charge in [-0.1, -0.05) is 25.1 Å². The molecule has 3 rings (SSSR count). The number of fused-ring (bicyclic) bond motifs is 1. The highest BCUT2D eigenvalue weighted by molar-refractivity contribution is 7.87. The molecule has 0 fully saturated rings. The summed E-state index contributed by atoms with van der Waals surface area (Å²) in [6.07, 6.45) is 0.339. The lowest BCUT2D eigenvalue weighted by atomic mass is 9.98. The van der Waals surface area contributed by atoms with Crippen molar-refractivity contribution in [2.45, 2.75) is 31.1 Å². The van der Waals surface area contributed by atoms with Gasteiger partial charge in [0.15, 0.2) is 11.5 Å². The molecule has 1 aliphatic rings. The number of benzene rings is 2. The van der Waals surface area contributed by atoms with Gasteiger partial charge in [0.1, 0.15) is 11.0 Å². The van der Waals surface area contributed by atoms with Crippen LogP contribution in [0.3, 0.4) is 0 Å². The quantitative estimate of drug-likeness (QED) is 0.800. The van der Waals surface area contributed by atoms with Gasteiger partial charge >= 0.3 is 10.1 Å². The predicted molar refractivity (Wildman–Crippen MR) is 87.5 cm³/mol. The van der Waals surface area contributed by atoms with Crippen molar-refractivity contribution in [3.05, 3.63) is 58.7 Å². The molecule has 0 spiro atoms. The Morgan fingerprint density at radius 1 is 1.21 bits per heavy atom. The summed E-state index contributed by atoms with van der Waals surface area (Å²) in [7, 11) is -4.21. The summed E-state index contributed by atoms with van der Waals surface area (Å²) < 4.78 is 30.4. The van der Waals surface area contributed by atoms with Crippen LogP contribution in [0.4, 0.5) is 0 Å². The van der Waals surface area contributed by atoms with E-state index in [0.29, 0.717) is 12.0 Å². The molecule has 0 aliphatic heterocycles. The fourth-order valence-electron chi connectivity index (χ4n) is 3.12. The number of hydrogen-bond acceptors (Lipinski definition) is 5. The molecule has 0 amide bonds. The smallest absolute Gasteiger partial charge is 0.340 e. The molecule has 1 aliphatic carbocycles. The van der Waals surface area contributed by atoms with Crippen LogP contribution in [0.25, 0.3) is 0 Å². The highest BCUT2D eigenvalue weighted by Gasteiger charge is 2.33. The third-order valence-corrected chi connectivity index (χ3v) is 5.46. The maximum atomic E-state index is 12.6. The van der Waals surface area contributed by atoms with Gasteiger partial charge in [-0.3, -0.25) is 4.79 Å². The van der Waals surface area contributed by atoms with Gasteiger partial charge < -0.3 is 4.18 Å². The number of carbonyl (C=O) groups excluding carboxylic acids is 1. The van der Waals surface area contributed by atoms with E-state index in [1.54, 1.807) is 12.1 Å². The Morgan fingerprint density at radius 2 is 1.92 bits per heavy atom. The number of carbonyl (C=O) groups is 1. The van der Waals surface area contributed by atoms with Crippen LogP contribution in [0.15, 0.2) is 41.3 Å². The number of Topliss-reactive ketones (excluding diaryl/α,β-unsaturated/α-hetero) is 1. The standard InChI is InChI=1S/C18H15NO4S/c1-11-7-8-15(18-14(20)9-12(2)17(11)18)23-24(21,22)16-6-4-3-5-13(16)10-19/h3-8,12H,9H2,1-2H3/t12-/m0/s1. The number of aryl methyl sites for hydroxylation is 1. The van der Waals surface area contributed by atoms with Crippen molar-refractivity contribution in [3.8, 4) is 11.8 Å². The summed E-state index contributed by atoms with van der Waals surface area (Å²) in [5, 5.41) is 9.09. The van der Waals surface area contributed by atoms with Gasteiger partial charge in [-0.15, -0.1) is 0 Å². The van der Waals surface area contributed by atoms with Crippen LogP contribution in [0.1, 0.15) is 46.3 Å². The van der Waals surface area contributed by atoms with Crippen LogP contribution in [0, 0.1) is 18.3 Å². The van der Waals surface area contributed by atoms with Crippen molar-refractivity contribution < 1.29 is 17.4 Å². The Balaban J connectivity index is 2.10. The van der Waals surface area contributed by atoms with Gasteiger partial charge in [0.05, 0.1) is 11.1 Å². The van der Waals surface area contributed by atoms with Crippen molar-refractivity contribution in [2.24, 2.45) is 0 Å². The highest BCUT2D eigenvalue weighted by Crippen LogP contribution is 2.41. The fraction of sp³-hybridized carbons (Fsp3) is 0.222.